The minimum atomic E-state index is -4.44. The Labute approximate surface area is 205 Å². The first-order valence-electron chi connectivity index (χ1n) is 11.2. The van der Waals surface area contributed by atoms with Crippen LogP contribution in [-0.4, -0.2) is 37.5 Å². The number of carbonyl (C=O) groups is 2. The molecule has 190 valence electrons. The van der Waals surface area contributed by atoms with Crippen molar-refractivity contribution in [3.05, 3.63) is 83.9 Å². The third-order valence-electron chi connectivity index (χ3n) is 5.09. The molecule has 0 amide bonds. The lowest BCUT2D eigenvalue weighted by molar-refractivity contribution is -0.155. The predicted octanol–water partition coefficient (Wildman–Crippen LogP) is 6.81. The Bertz CT molecular complexity index is 1140. The van der Waals surface area contributed by atoms with Crippen molar-refractivity contribution < 1.29 is 41.4 Å². The van der Waals surface area contributed by atoms with Crippen molar-refractivity contribution in [2.45, 2.75) is 32.1 Å². The fourth-order valence-electron chi connectivity index (χ4n) is 3.01. The van der Waals surface area contributed by atoms with Gasteiger partial charge in [0.15, 0.2) is 6.61 Å². The van der Waals surface area contributed by atoms with Crippen molar-refractivity contribution in [2.75, 3.05) is 13.2 Å². The topological polar surface area (TPSA) is 61.8 Å². The average molecular weight is 504 g/mol. The van der Waals surface area contributed by atoms with Gasteiger partial charge < -0.3 is 14.2 Å². The quantitative estimate of drug-likeness (QED) is 0.124. The van der Waals surface area contributed by atoms with Gasteiger partial charge in [0.05, 0.1) is 17.7 Å². The van der Waals surface area contributed by atoms with Crippen molar-refractivity contribution >= 4 is 11.9 Å². The molecule has 3 rings (SSSR count). The van der Waals surface area contributed by atoms with Gasteiger partial charge in [-0.25, -0.2) is 18.4 Å². The number of alkyl halides is 4. The van der Waals surface area contributed by atoms with E-state index in [0.29, 0.717) is 6.61 Å². The summed E-state index contributed by atoms with van der Waals surface area (Å²) in [4.78, 5) is 24.2. The number of rotatable bonds is 11. The van der Waals surface area contributed by atoms with Crippen molar-refractivity contribution in [1.82, 2.24) is 0 Å². The van der Waals surface area contributed by atoms with Gasteiger partial charge in [0, 0.05) is 0 Å². The summed E-state index contributed by atoms with van der Waals surface area (Å²) in [7, 11) is 0. The summed E-state index contributed by atoms with van der Waals surface area (Å²) in [6.07, 6.45) is -1.90. The Morgan fingerprint density at radius 2 is 1.28 bits per heavy atom. The molecule has 0 aliphatic carbocycles. The van der Waals surface area contributed by atoms with E-state index in [1.54, 1.807) is 24.3 Å². The van der Waals surface area contributed by atoms with Crippen molar-refractivity contribution in [1.29, 1.82) is 0 Å². The van der Waals surface area contributed by atoms with Crippen LogP contribution in [0.1, 0.15) is 40.5 Å². The molecule has 0 bridgehead atoms. The number of hydrogen-bond donors (Lipinski definition) is 0. The van der Waals surface area contributed by atoms with Crippen molar-refractivity contribution in [3.8, 4) is 22.6 Å². The first-order chi connectivity index (χ1) is 17.2. The Morgan fingerprint density at radius 1 is 0.778 bits per heavy atom. The van der Waals surface area contributed by atoms with E-state index in [1.807, 2.05) is 24.3 Å². The van der Waals surface area contributed by atoms with Gasteiger partial charge in [0.25, 0.3) is 0 Å². The summed E-state index contributed by atoms with van der Waals surface area (Å²) in [5, 5.41) is 0. The van der Waals surface area contributed by atoms with Gasteiger partial charge in [-0.2, -0.15) is 8.78 Å². The highest BCUT2D eigenvalue weighted by Gasteiger charge is 2.42. The van der Waals surface area contributed by atoms with Crippen LogP contribution in [0.2, 0.25) is 0 Å². The molecule has 0 radical (unpaired) electrons. The molecule has 0 spiro atoms. The standard InChI is InChI=1S/C27H24F4O5/c1-2-3-16-34-22-12-8-19(9-13-22)18-4-6-21(7-5-18)25(33)36-23-14-10-20(11-15-23)24(32)35-17-27(30,31)26(28)29/h4-15,26H,2-3,16-17H2,1H3. The zero-order chi connectivity index (χ0) is 26.1. The maximum Gasteiger partial charge on any atom is 0.343 e. The smallest absolute Gasteiger partial charge is 0.343 e. The van der Waals surface area contributed by atoms with Crippen LogP contribution in [0.5, 0.6) is 11.5 Å². The molecule has 3 aromatic carbocycles. The van der Waals surface area contributed by atoms with E-state index in [2.05, 4.69) is 11.7 Å². The maximum absolute atomic E-state index is 12.9. The van der Waals surface area contributed by atoms with Gasteiger partial charge >= 0.3 is 24.3 Å². The number of esters is 2. The lowest BCUT2D eigenvalue weighted by atomic mass is 10.0. The Morgan fingerprint density at radius 3 is 1.83 bits per heavy atom. The average Bonchev–Trinajstić information content (AvgIpc) is 2.88. The van der Waals surface area contributed by atoms with Crippen LogP contribution in [0.4, 0.5) is 17.6 Å². The molecule has 0 aliphatic rings. The third-order valence-corrected chi connectivity index (χ3v) is 5.09. The SMILES string of the molecule is CCCCOc1ccc(-c2ccc(C(=O)Oc3ccc(C(=O)OCC(F)(F)C(F)F)cc3)cc2)cc1. The second kappa shape index (κ2) is 12.2. The molecule has 0 saturated carbocycles. The first kappa shape index (κ1) is 26.7. The molecule has 3 aromatic rings. The van der Waals surface area contributed by atoms with Gasteiger partial charge in [-0.3, -0.25) is 0 Å². The predicted molar refractivity (Wildman–Crippen MR) is 125 cm³/mol. The fraction of sp³-hybridized carbons (Fsp3) is 0.259. The van der Waals surface area contributed by atoms with Crippen LogP contribution in [-0.2, 0) is 4.74 Å². The van der Waals surface area contributed by atoms with Crippen LogP contribution >= 0.6 is 0 Å². The fourth-order valence-corrected chi connectivity index (χ4v) is 3.01. The normalized spacial score (nSPS) is 11.3. The summed E-state index contributed by atoms with van der Waals surface area (Å²) >= 11 is 0. The Kier molecular flexibility index (Phi) is 9.05. The maximum atomic E-state index is 12.9. The van der Waals surface area contributed by atoms with E-state index in [-0.39, 0.29) is 16.9 Å². The highest BCUT2D eigenvalue weighted by molar-refractivity contribution is 5.92. The molecule has 9 heteroatoms. The molecule has 0 fully saturated rings. The van der Waals surface area contributed by atoms with Crippen LogP contribution in [0, 0.1) is 0 Å². The number of halogens is 4. The van der Waals surface area contributed by atoms with E-state index in [9.17, 15) is 27.2 Å². The highest BCUT2D eigenvalue weighted by Crippen LogP contribution is 2.25. The van der Waals surface area contributed by atoms with Gasteiger partial charge in [-0.05, 0) is 66.1 Å². The number of benzene rings is 3. The number of hydrogen-bond acceptors (Lipinski definition) is 5. The summed E-state index contributed by atoms with van der Waals surface area (Å²) in [5.74, 6) is -5.40. The van der Waals surface area contributed by atoms with E-state index in [1.165, 1.54) is 24.3 Å². The van der Waals surface area contributed by atoms with E-state index in [4.69, 9.17) is 9.47 Å². The van der Waals surface area contributed by atoms with Gasteiger partial charge in [0.2, 0.25) is 0 Å². The van der Waals surface area contributed by atoms with E-state index in [0.717, 1.165) is 29.7 Å². The zero-order valence-electron chi connectivity index (χ0n) is 19.4. The van der Waals surface area contributed by atoms with E-state index >= 15 is 0 Å². The molecule has 0 aliphatic heterocycles. The van der Waals surface area contributed by atoms with Gasteiger partial charge in [0.1, 0.15) is 11.5 Å². The molecular weight excluding hydrogens is 480 g/mol. The number of ether oxygens (including phenoxy) is 3. The van der Waals surface area contributed by atoms with Gasteiger partial charge in [-0.15, -0.1) is 0 Å². The van der Waals surface area contributed by atoms with Crippen LogP contribution < -0.4 is 9.47 Å². The summed E-state index contributed by atoms with van der Waals surface area (Å²) in [6.45, 7) is 1.02. The summed E-state index contributed by atoms with van der Waals surface area (Å²) in [5.41, 5.74) is 1.97. The van der Waals surface area contributed by atoms with E-state index < -0.39 is 30.9 Å². The van der Waals surface area contributed by atoms with Crippen LogP contribution in [0.25, 0.3) is 11.1 Å². The minimum Gasteiger partial charge on any atom is -0.494 e. The second-order valence-corrected chi connectivity index (χ2v) is 7.86. The zero-order valence-corrected chi connectivity index (χ0v) is 19.4. The van der Waals surface area contributed by atoms with Crippen LogP contribution in [0.15, 0.2) is 72.8 Å². The number of carbonyl (C=O) groups excluding carboxylic acids is 2. The molecule has 36 heavy (non-hydrogen) atoms. The molecule has 0 atom stereocenters. The monoisotopic (exact) mass is 504 g/mol. The molecule has 0 aromatic heterocycles. The molecule has 5 nitrogen and oxygen atoms in total. The lowest BCUT2D eigenvalue weighted by Gasteiger charge is -2.15. The molecule has 0 N–H and O–H groups in total. The molecule has 0 unspecified atom stereocenters. The van der Waals surface area contributed by atoms with Crippen molar-refractivity contribution in [2.24, 2.45) is 0 Å². The van der Waals surface area contributed by atoms with Crippen LogP contribution in [0.3, 0.4) is 0 Å². The minimum absolute atomic E-state index is 0.0946. The second-order valence-electron chi connectivity index (χ2n) is 7.86. The Balaban J connectivity index is 1.55. The van der Waals surface area contributed by atoms with Gasteiger partial charge in [-0.1, -0.05) is 37.6 Å². The number of unbranched alkanes of at least 4 members (excludes halogenated alkanes) is 1. The lowest BCUT2D eigenvalue weighted by Crippen LogP contribution is -2.33. The van der Waals surface area contributed by atoms with Crippen molar-refractivity contribution in [3.63, 3.8) is 0 Å². The molecule has 0 heterocycles. The largest absolute Gasteiger partial charge is 0.494 e. The summed E-state index contributed by atoms with van der Waals surface area (Å²) < 4.78 is 65.2. The molecular formula is C27H24F4O5. The Hall–Kier alpha value is -3.88. The summed E-state index contributed by atoms with van der Waals surface area (Å²) in [6, 6.07) is 19.3. The highest BCUT2D eigenvalue weighted by atomic mass is 19.3. The first-order valence-corrected chi connectivity index (χ1v) is 11.2. The third kappa shape index (κ3) is 7.31. The molecule has 0 saturated heterocycles.